The number of aliphatic hydroxyl groups is 3. The fourth-order valence-electron chi connectivity index (χ4n) is 1.89. The van der Waals surface area contributed by atoms with Crippen molar-refractivity contribution in [2.75, 3.05) is 6.61 Å². The van der Waals surface area contributed by atoms with Crippen molar-refractivity contribution in [2.45, 2.75) is 22.8 Å². The number of nitrogens with zero attached hydrogens (tertiary/aromatic N) is 1. The van der Waals surface area contributed by atoms with Crippen molar-refractivity contribution in [2.24, 2.45) is 0 Å². The Kier molecular flexibility index (Phi) is 3.82. The average molecular weight is 284 g/mol. The molecule has 0 bridgehead atoms. The van der Waals surface area contributed by atoms with Gasteiger partial charge in [0.2, 0.25) is 0 Å². The standard InChI is InChI=1S/C11H12N2O5S/c1-2-5-3-13(11(18)12-9(5)17)10-8(16)7(15)6(4-14)19-10/h1,3,6-8,10,14-16H,4H2,(H,12,17,18)/t6-,7+,8-,10-/m0/s1. The van der Waals surface area contributed by atoms with E-state index in [4.69, 9.17) is 11.5 Å². The Balaban J connectivity index is 2.46. The molecular weight excluding hydrogens is 272 g/mol. The van der Waals surface area contributed by atoms with E-state index in [2.05, 4.69) is 5.92 Å². The van der Waals surface area contributed by atoms with Crippen LogP contribution in [0.1, 0.15) is 10.9 Å². The average Bonchev–Trinajstić information content (AvgIpc) is 2.67. The second kappa shape index (κ2) is 5.22. The van der Waals surface area contributed by atoms with Crippen molar-refractivity contribution in [1.29, 1.82) is 0 Å². The molecule has 4 atom stereocenters. The topological polar surface area (TPSA) is 116 Å². The van der Waals surface area contributed by atoms with Gasteiger partial charge in [0.15, 0.2) is 0 Å². The molecule has 7 nitrogen and oxygen atoms in total. The molecule has 0 spiro atoms. The first kappa shape index (κ1) is 13.9. The molecule has 0 saturated carbocycles. The Morgan fingerprint density at radius 2 is 2.11 bits per heavy atom. The summed E-state index contributed by atoms with van der Waals surface area (Å²) in [5, 5.41) is 27.2. The second-order valence-corrected chi connectivity index (χ2v) is 5.44. The molecule has 2 rings (SSSR count). The third-order valence-electron chi connectivity index (χ3n) is 2.91. The van der Waals surface area contributed by atoms with Crippen molar-refractivity contribution in [3.8, 4) is 12.3 Å². The first-order valence-corrected chi connectivity index (χ1v) is 6.38. The molecule has 0 aliphatic carbocycles. The van der Waals surface area contributed by atoms with E-state index in [0.29, 0.717) is 0 Å². The van der Waals surface area contributed by atoms with E-state index in [1.54, 1.807) is 0 Å². The number of aromatic amines is 1. The minimum absolute atomic E-state index is 0.0469. The molecule has 0 aromatic carbocycles. The lowest BCUT2D eigenvalue weighted by atomic mass is 10.1. The zero-order valence-electron chi connectivity index (χ0n) is 9.68. The Morgan fingerprint density at radius 1 is 1.42 bits per heavy atom. The van der Waals surface area contributed by atoms with Crippen LogP contribution in [0.3, 0.4) is 0 Å². The fourth-order valence-corrected chi connectivity index (χ4v) is 3.26. The maximum atomic E-state index is 11.7. The van der Waals surface area contributed by atoms with Crippen LogP contribution in [0.25, 0.3) is 0 Å². The summed E-state index contributed by atoms with van der Waals surface area (Å²) in [5.41, 5.74) is -1.46. The molecule has 1 aliphatic rings. The van der Waals surface area contributed by atoms with Crippen molar-refractivity contribution in [1.82, 2.24) is 9.55 Å². The van der Waals surface area contributed by atoms with Crippen LogP contribution in [-0.2, 0) is 0 Å². The van der Waals surface area contributed by atoms with Gasteiger partial charge in [-0.1, -0.05) is 5.92 Å². The number of rotatable bonds is 2. The molecule has 1 fully saturated rings. The number of aliphatic hydroxyl groups excluding tert-OH is 3. The van der Waals surface area contributed by atoms with Crippen LogP contribution < -0.4 is 11.2 Å². The summed E-state index contributed by atoms with van der Waals surface area (Å²) in [4.78, 5) is 25.1. The van der Waals surface area contributed by atoms with Gasteiger partial charge >= 0.3 is 5.69 Å². The lowest BCUT2D eigenvalue weighted by Crippen LogP contribution is -2.38. The fraction of sp³-hybridized carbons (Fsp3) is 0.455. The number of aromatic nitrogens is 2. The van der Waals surface area contributed by atoms with Crippen LogP contribution in [0.15, 0.2) is 15.8 Å². The van der Waals surface area contributed by atoms with Crippen LogP contribution in [-0.4, -0.2) is 48.9 Å². The normalized spacial score (nSPS) is 30.2. The molecule has 0 amide bonds. The maximum absolute atomic E-state index is 11.7. The summed E-state index contributed by atoms with van der Waals surface area (Å²) >= 11 is 1.04. The van der Waals surface area contributed by atoms with Crippen LogP contribution >= 0.6 is 11.8 Å². The Hall–Kier alpha value is -1.53. The minimum Gasteiger partial charge on any atom is -0.395 e. The number of hydrogen-bond donors (Lipinski definition) is 4. The number of nitrogens with one attached hydrogen (secondary N) is 1. The number of H-pyrrole nitrogens is 1. The van der Waals surface area contributed by atoms with E-state index in [1.807, 2.05) is 4.98 Å². The van der Waals surface area contributed by atoms with E-state index < -0.39 is 34.1 Å². The van der Waals surface area contributed by atoms with Gasteiger partial charge in [-0.2, -0.15) is 0 Å². The summed E-state index contributed by atoms with van der Waals surface area (Å²) < 4.78 is 1.06. The molecule has 8 heteroatoms. The molecule has 2 heterocycles. The summed E-state index contributed by atoms with van der Waals surface area (Å²) in [5.74, 6) is 2.13. The highest BCUT2D eigenvalue weighted by Crippen LogP contribution is 2.40. The first-order valence-electron chi connectivity index (χ1n) is 5.44. The molecule has 4 N–H and O–H groups in total. The third-order valence-corrected chi connectivity index (χ3v) is 4.48. The summed E-state index contributed by atoms with van der Waals surface area (Å²) in [6.07, 6.45) is 3.90. The highest BCUT2D eigenvalue weighted by atomic mass is 32.2. The summed E-state index contributed by atoms with van der Waals surface area (Å²) in [6.45, 7) is -0.334. The second-order valence-electron chi connectivity index (χ2n) is 4.08. The largest absolute Gasteiger partial charge is 0.395 e. The Bertz CT molecular complexity index is 631. The lowest BCUT2D eigenvalue weighted by molar-refractivity contribution is 0.0101. The molecule has 0 radical (unpaired) electrons. The van der Waals surface area contributed by atoms with E-state index in [-0.39, 0.29) is 12.2 Å². The van der Waals surface area contributed by atoms with E-state index in [0.717, 1.165) is 22.5 Å². The Labute approximate surface area is 111 Å². The summed E-state index contributed by atoms with van der Waals surface area (Å²) in [7, 11) is 0. The lowest BCUT2D eigenvalue weighted by Gasteiger charge is -2.17. The number of terminal acetylenes is 1. The predicted octanol–water partition coefficient (Wildman–Crippen LogP) is -2.15. The van der Waals surface area contributed by atoms with Crippen molar-refractivity contribution in [3.63, 3.8) is 0 Å². The van der Waals surface area contributed by atoms with Crippen LogP contribution in [0.4, 0.5) is 0 Å². The highest BCUT2D eigenvalue weighted by Gasteiger charge is 2.43. The minimum atomic E-state index is -1.24. The van der Waals surface area contributed by atoms with Crippen molar-refractivity contribution in [3.05, 3.63) is 32.6 Å². The monoisotopic (exact) mass is 284 g/mol. The molecule has 1 aliphatic heterocycles. The number of hydrogen-bond acceptors (Lipinski definition) is 6. The zero-order valence-corrected chi connectivity index (χ0v) is 10.5. The van der Waals surface area contributed by atoms with Gasteiger partial charge in [0, 0.05) is 6.20 Å². The van der Waals surface area contributed by atoms with E-state index in [9.17, 15) is 19.8 Å². The van der Waals surface area contributed by atoms with Gasteiger partial charge < -0.3 is 15.3 Å². The van der Waals surface area contributed by atoms with Crippen LogP contribution in [0, 0.1) is 12.3 Å². The van der Waals surface area contributed by atoms with E-state index >= 15 is 0 Å². The smallest absolute Gasteiger partial charge is 0.329 e. The van der Waals surface area contributed by atoms with Crippen LogP contribution in [0.5, 0.6) is 0 Å². The molecule has 19 heavy (non-hydrogen) atoms. The van der Waals surface area contributed by atoms with Gasteiger partial charge in [-0.05, 0) is 0 Å². The molecule has 1 aromatic rings. The molecule has 1 aromatic heterocycles. The van der Waals surface area contributed by atoms with Crippen LogP contribution in [0.2, 0.25) is 0 Å². The molecule has 102 valence electrons. The molecular formula is C11H12N2O5S. The van der Waals surface area contributed by atoms with Gasteiger partial charge in [-0.3, -0.25) is 14.3 Å². The van der Waals surface area contributed by atoms with E-state index in [1.165, 1.54) is 0 Å². The predicted molar refractivity (Wildman–Crippen MR) is 68.8 cm³/mol. The zero-order chi connectivity index (χ0) is 14.2. The third kappa shape index (κ3) is 2.33. The quantitative estimate of drug-likeness (QED) is 0.460. The molecule has 0 unspecified atom stereocenters. The van der Waals surface area contributed by atoms with Gasteiger partial charge in [-0.25, -0.2) is 4.79 Å². The van der Waals surface area contributed by atoms with Crippen molar-refractivity contribution < 1.29 is 15.3 Å². The van der Waals surface area contributed by atoms with Gasteiger partial charge in [0.25, 0.3) is 5.56 Å². The highest BCUT2D eigenvalue weighted by molar-refractivity contribution is 8.00. The SMILES string of the molecule is C#Cc1cn([C@H]2S[C@@H](CO)[C@@H](O)[C@@H]2O)c(=O)[nH]c1=O. The molecule has 1 saturated heterocycles. The van der Waals surface area contributed by atoms with Gasteiger partial charge in [0.1, 0.15) is 17.0 Å². The van der Waals surface area contributed by atoms with Gasteiger partial charge in [0.05, 0.1) is 18.0 Å². The Morgan fingerprint density at radius 3 is 2.63 bits per heavy atom. The van der Waals surface area contributed by atoms with Gasteiger partial charge in [-0.15, -0.1) is 18.2 Å². The van der Waals surface area contributed by atoms with Crippen molar-refractivity contribution >= 4 is 11.8 Å². The summed E-state index contributed by atoms with van der Waals surface area (Å²) in [6, 6.07) is 0. The maximum Gasteiger partial charge on any atom is 0.329 e. The first-order chi connectivity index (χ1) is 8.99. The number of thioether (sulfide) groups is 1.